The van der Waals surface area contributed by atoms with Crippen molar-refractivity contribution in [3.8, 4) is 0 Å². The molecule has 5 nitrogen and oxygen atoms in total. The van der Waals surface area contributed by atoms with Gasteiger partial charge < -0.3 is 5.32 Å². The van der Waals surface area contributed by atoms with E-state index in [4.69, 9.17) is 0 Å². The molecule has 0 aromatic heterocycles. The van der Waals surface area contributed by atoms with Gasteiger partial charge in [0.25, 0.3) is 5.91 Å². The normalized spacial score (nSPS) is 11.0. The van der Waals surface area contributed by atoms with Crippen LogP contribution in [0.3, 0.4) is 0 Å². The summed E-state index contributed by atoms with van der Waals surface area (Å²) in [5.41, 5.74) is 2.07. The van der Waals surface area contributed by atoms with E-state index in [0.717, 1.165) is 11.8 Å². The van der Waals surface area contributed by atoms with Crippen molar-refractivity contribution >= 4 is 21.6 Å². The molecule has 0 radical (unpaired) electrons. The van der Waals surface area contributed by atoms with Gasteiger partial charge in [0, 0.05) is 18.7 Å². The number of carbonyl (C=O) groups excluding carboxylic acids is 1. The molecule has 0 spiro atoms. The molecule has 0 aliphatic carbocycles. The van der Waals surface area contributed by atoms with E-state index in [1.165, 1.54) is 4.31 Å². The quantitative estimate of drug-likeness (QED) is 0.883. The molecule has 0 atom stereocenters. The highest BCUT2D eigenvalue weighted by molar-refractivity contribution is 7.92. The maximum atomic E-state index is 12.1. The molecule has 23 heavy (non-hydrogen) atoms. The number of hydrogen-bond acceptors (Lipinski definition) is 3. The van der Waals surface area contributed by atoms with Crippen LogP contribution < -0.4 is 9.62 Å². The van der Waals surface area contributed by atoms with E-state index in [0.29, 0.717) is 24.3 Å². The van der Waals surface area contributed by atoms with Crippen LogP contribution in [0.4, 0.5) is 5.69 Å². The van der Waals surface area contributed by atoms with Crippen LogP contribution in [0.15, 0.2) is 54.6 Å². The Morgan fingerprint density at radius 2 is 1.65 bits per heavy atom. The molecule has 0 bridgehead atoms. The fourth-order valence-corrected chi connectivity index (χ4v) is 3.24. The number of rotatable bonds is 6. The van der Waals surface area contributed by atoms with Crippen LogP contribution in [-0.2, 0) is 16.6 Å². The summed E-state index contributed by atoms with van der Waals surface area (Å²) in [6.07, 6.45) is 1.16. The van der Waals surface area contributed by atoms with Gasteiger partial charge in [0.05, 0.1) is 11.9 Å². The van der Waals surface area contributed by atoms with Gasteiger partial charge in [0.15, 0.2) is 0 Å². The fraction of sp³-hybridized carbons (Fsp3) is 0.235. The summed E-state index contributed by atoms with van der Waals surface area (Å²) in [6, 6.07) is 16.2. The van der Waals surface area contributed by atoms with Gasteiger partial charge in [-0.15, -0.1) is 0 Å². The molecule has 122 valence electrons. The van der Waals surface area contributed by atoms with E-state index in [1.54, 1.807) is 31.2 Å². The third-order valence-corrected chi connectivity index (χ3v) is 4.67. The summed E-state index contributed by atoms with van der Waals surface area (Å²) >= 11 is 0. The molecule has 2 rings (SSSR count). The lowest BCUT2D eigenvalue weighted by Gasteiger charge is -2.20. The Labute approximate surface area is 137 Å². The summed E-state index contributed by atoms with van der Waals surface area (Å²) in [6.45, 7) is 2.56. The van der Waals surface area contributed by atoms with Gasteiger partial charge in [-0.3, -0.25) is 9.10 Å². The van der Waals surface area contributed by atoms with Gasteiger partial charge in [0.2, 0.25) is 10.0 Å². The average Bonchev–Trinajstić information content (AvgIpc) is 2.53. The first-order valence-corrected chi connectivity index (χ1v) is 9.16. The number of nitrogens with one attached hydrogen (secondary N) is 1. The minimum atomic E-state index is -3.31. The number of hydrogen-bond donors (Lipinski definition) is 1. The van der Waals surface area contributed by atoms with Gasteiger partial charge in [-0.25, -0.2) is 8.42 Å². The molecule has 1 N–H and O–H groups in total. The fourth-order valence-electron chi connectivity index (χ4n) is 2.27. The van der Waals surface area contributed by atoms with Crippen molar-refractivity contribution < 1.29 is 13.2 Å². The maximum absolute atomic E-state index is 12.1. The Hall–Kier alpha value is -2.34. The second kappa shape index (κ2) is 7.28. The van der Waals surface area contributed by atoms with Crippen molar-refractivity contribution in [3.63, 3.8) is 0 Å². The molecule has 2 aromatic carbocycles. The average molecular weight is 332 g/mol. The predicted molar refractivity (Wildman–Crippen MR) is 91.9 cm³/mol. The molecule has 0 saturated carbocycles. The van der Waals surface area contributed by atoms with Crippen molar-refractivity contribution in [2.24, 2.45) is 0 Å². The van der Waals surface area contributed by atoms with Crippen molar-refractivity contribution in [1.29, 1.82) is 0 Å². The zero-order valence-electron chi connectivity index (χ0n) is 13.2. The third-order valence-electron chi connectivity index (χ3n) is 3.40. The van der Waals surface area contributed by atoms with Gasteiger partial charge in [0.1, 0.15) is 0 Å². The molecule has 6 heteroatoms. The summed E-state index contributed by atoms with van der Waals surface area (Å²) in [7, 11) is -3.31. The van der Waals surface area contributed by atoms with E-state index in [2.05, 4.69) is 5.32 Å². The lowest BCUT2D eigenvalue weighted by atomic mass is 10.1. The molecule has 0 aliphatic rings. The SMILES string of the molecule is CCN(c1ccc(C(=O)NCc2ccccc2)cc1)S(C)(=O)=O. The minimum Gasteiger partial charge on any atom is -0.348 e. The Morgan fingerprint density at radius 1 is 1.04 bits per heavy atom. The van der Waals surface area contributed by atoms with Crippen LogP contribution >= 0.6 is 0 Å². The number of amides is 1. The lowest BCUT2D eigenvalue weighted by molar-refractivity contribution is 0.0951. The van der Waals surface area contributed by atoms with E-state index in [1.807, 2.05) is 30.3 Å². The third kappa shape index (κ3) is 4.56. The number of sulfonamides is 1. The smallest absolute Gasteiger partial charge is 0.251 e. The zero-order valence-corrected chi connectivity index (χ0v) is 14.0. The van der Waals surface area contributed by atoms with Gasteiger partial charge >= 0.3 is 0 Å². The van der Waals surface area contributed by atoms with Crippen LogP contribution in [0.5, 0.6) is 0 Å². The second-order valence-corrected chi connectivity index (χ2v) is 7.05. The van der Waals surface area contributed by atoms with Crippen molar-refractivity contribution in [3.05, 3.63) is 65.7 Å². The van der Waals surface area contributed by atoms with Crippen molar-refractivity contribution in [2.75, 3.05) is 17.1 Å². The number of benzene rings is 2. The Bertz CT molecular complexity index is 756. The molecule has 0 aliphatic heterocycles. The van der Waals surface area contributed by atoms with Crippen molar-refractivity contribution in [2.45, 2.75) is 13.5 Å². The number of anilines is 1. The first-order chi connectivity index (χ1) is 10.9. The molecule has 2 aromatic rings. The summed E-state index contributed by atoms with van der Waals surface area (Å²) in [4.78, 5) is 12.1. The second-order valence-electron chi connectivity index (χ2n) is 5.14. The summed E-state index contributed by atoms with van der Waals surface area (Å²) < 4.78 is 24.7. The van der Waals surface area contributed by atoms with Crippen LogP contribution in [0.2, 0.25) is 0 Å². The highest BCUT2D eigenvalue weighted by atomic mass is 32.2. The van der Waals surface area contributed by atoms with E-state index in [9.17, 15) is 13.2 Å². The monoisotopic (exact) mass is 332 g/mol. The topological polar surface area (TPSA) is 66.5 Å². The minimum absolute atomic E-state index is 0.192. The summed E-state index contributed by atoms with van der Waals surface area (Å²) in [5.74, 6) is -0.192. The Morgan fingerprint density at radius 3 is 2.17 bits per heavy atom. The molecule has 0 unspecified atom stereocenters. The first-order valence-electron chi connectivity index (χ1n) is 7.31. The largest absolute Gasteiger partial charge is 0.348 e. The Balaban J connectivity index is 2.05. The van der Waals surface area contributed by atoms with Crippen LogP contribution in [0, 0.1) is 0 Å². The highest BCUT2D eigenvalue weighted by Gasteiger charge is 2.15. The zero-order chi connectivity index (χ0) is 16.9. The van der Waals surface area contributed by atoms with Gasteiger partial charge in [-0.1, -0.05) is 30.3 Å². The van der Waals surface area contributed by atoms with E-state index < -0.39 is 10.0 Å². The van der Waals surface area contributed by atoms with Crippen LogP contribution in [0.25, 0.3) is 0 Å². The van der Waals surface area contributed by atoms with Crippen LogP contribution in [0.1, 0.15) is 22.8 Å². The van der Waals surface area contributed by atoms with Gasteiger partial charge in [-0.2, -0.15) is 0 Å². The molecule has 0 fully saturated rings. The Kier molecular flexibility index (Phi) is 5.39. The highest BCUT2D eigenvalue weighted by Crippen LogP contribution is 2.18. The van der Waals surface area contributed by atoms with E-state index >= 15 is 0 Å². The number of nitrogens with zero attached hydrogens (tertiary/aromatic N) is 1. The molecular weight excluding hydrogens is 312 g/mol. The number of carbonyl (C=O) groups is 1. The standard InChI is InChI=1S/C17H20N2O3S/c1-3-19(23(2,21)22)16-11-9-15(10-12-16)17(20)18-13-14-7-5-4-6-8-14/h4-12H,3,13H2,1-2H3,(H,18,20). The first kappa shape index (κ1) is 17.0. The summed E-state index contributed by atoms with van der Waals surface area (Å²) in [5, 5.41) is 2.84. The van der Waals surface area contributed by atoms with Gasteiger partial charge in [-0.05, 0) is 36.8 Å². The predicted octanol–water partition coefficient (Wildman–Crippen LogP) is 2.40. The maximum Gasteiger partial charge on any atom is 0.251 e. The molecular formula is C17H20N2O3S. The van der Waals surface area contributed by atoms with E-state index in [-0.39, 0.29) is 5.91 Å². The molecule has 0 heterocycles. The lowest BCUT2D eigenvalue weighted by Crippen LogP contribution is -2.29. The molecule has 1 amide bonds. The van der Waals surface area contributed by atoms with Crippen LogP contribution in [-0.4, -0.2) is 27.1 Å². The molecule has 0 saturated heterocycles. The van der Waals surface area contributed by atoms with Crippen molar-refractivity contribution in [1.82, 2.24) is 5.32 Å².